The van der Waals surface area contributed by atoms with Crippen molar-refractivity contribution in [1.29, 1.82) is 5.41 Å². The van der Waals surface area contributed by atoms with E-state index in [1.165, 1.54) is 45.5 Å². The van der Waals surface area contributed by atoms with Crippen LogP contribution in [0.25, 0.3) is 10.9 Å². The topological polar surface area (TPSA) is 240 Å². The van der Waals surface area contributed by atoms with E-state index in [9.17, 15) is 29.3 Å². The van der Waals surface area contributed by atoms with E-state index in [1.54, 1.807) is 50.4 Å². The number of amidine groups is 1. The van der Waals surface area contributed by atoms with E-state index in [0.29, 0.717) is 33.7 Å². The number of nitrogens with two attached hydrogens (primary N) is 1. The summed E-state index contributed by atoms with van der Waals surface area (Å²) in [5, 5.41) is 29.7. The Morgan fingerprint density at radius 2 is 1.30 bits per heavy atom. The van der Waals surface area contributed by atoms with Gasteiger partial charge in [0.25, 0.3) is 29.3 Å². The first-order valence-corrected chi connectivity index (χ1v) is 14.1. The van der Waals surface area contributed by atoms with Gasteiger partial charge in [0.05, 0.1) is 38.7 Å². The van der Waals surface area contributed by atoms with Crippen molar-refractivity contribution in [2.24, 2.45) is 26.9 Å². The molecule has 0 spiro atoms. The lowest BCUT2D eigenvalue weighted by molar-refractivity contribution is -0.383. The van der Waals surface area contributed by atoms with Gasteiger partial charge >= 0.3 is 0 Å². The van der Waals surface area contributed by atoms with Crippen LogP contribution in [0.1, 0.15) is 48.4 Å². The molecule has 242 valence electrons. The SMILES string of the molecule is Cn1cc(NC(=O)c2cc(NC(=O)c3cc(NC(=O)c4cc5c([N+](=O)[O-])cccc5[nH]4)cn3C)cn2C)cc1C(=O)NCCC(=N)N. The van der Waals surface area contributed by atoms with Crippen LogP contribution in [-0.2, 0) is 21.1 Å². The lowest BCUT2D eigenvalue weighted by Crippen LogP contribution is -2.28. The van der Waals surface area contributed by atoms with Crippen molar-refractivity contribution in [3.05, 3.63) is 93.9 Å². The molecule has 17 nitrogen and oxygen atoms in total. The van der Waals surface area contributed by atoms with E-state index in [4.69, 9.17) is 11.1 Å². The molecule has 0 atom stereocenters. The molecule has 4 amide bonds. The molecule has 4 aromatic heterocycles. The molecule has 5 aromatic rings. The van der Waals surface area contributed by atoms with Crippen LogP contribution >= 0.6 is 0 Å². The number of hydrogen-bond donors (Lipinski definition) is 7. The van der Waals surface area contributed by atoms with Crippen LogP contribution < -0.4 is 27.0 Å². The maximum Gasteiger partial charge on any atom is 0.278 e. The van der Waals surface area contributed by atoms with Crippen molar-refractivity contribution < 1.29 is 24.1 Å². The molecular weight excluding hydrogens is 610 g/mol. The van der Waals surface area contributed by atoms with Crippen LogP contribution in [0.3, 0.4) is 0 Å². The molecule has 0 fully saturated rings. The smallest absolute Gasteiger partial charge is 0.278 e. The normalized spacial score (nSPS) is 10.9. The van der Waals surface area contributed by atoms with E-state index >= 15 is 0 Å². The molecule has 47 heavy (non-hydrogen) atoms. The second-order valence-electron chi connectivity index (χ2n) is 10.7. The van der Waals surface area contributed by atoms with Crippen molar-refractivity contribution in [2.45, 2.75) is 6.42 Å². The Morgan fingerprint density at radius 3 is 1.79 bits per heavy atom. The zero-order valence-electron chi connectivity index (χ0n) is 25.5. The number of aromatic nitrogens is 4. The summed E-state index contributed by atoms with van der Waals surface area (Å²) in [5.41, 5.74) is 7.51. The molecule has 0 unspecified atom stereocenters. The Balaban J connectivity index is 1.22. The minimum absolute atomic E-state index is 0.0412. The number of nitrogens with one attached hydrogen (secondary N) is 6. The quantitative estimate of drug-likeness (QED) is 0.0492. The summed E-state index contributed by atoms with van der Waals surface area (Å²) in [5.74, 6) is -1.96. The molecule has 17 heteroatoms. The lowest BCUT2D eigenvalue weighted by Gasteiger charge is -2.04. The summed E-state index contributed by atoms with van der Waals surface area (Å²) in [7, 11) is 4.92. The van der Waals surface area contributed by atoms with Crippen LogP contribution in [0.4, 0.5) is 22.7 Å². The lowest BCUT2D eigenvalue weighted by atomic mass is 10.2. The van der Waals surface area contributed by atoms with E-state index in [2.05, 4.69) is 26.3 Å². The Bertz CT molecular complexity index is 2080. The van der Waals surface area contributed by atoms with E-state index < -0.39 is 22.6 Å². The van der Waals surface area contributed by atoms with Crippen LogP contribution in [0.15, 0.2) is 61.1 Å². The van der Waals surface area contributed by atoms with Gasteiger partial charge in [-0.2, -0.15) is 0 Å². The maximum absolute atomic E-state index is 13.1. The highest BCUT2D eigenvalue weighted by molar-refractivity contribution is 6.09. The van der Waals surface area contributed by atoms with Crippen molar-refractivity contribution in [1.82, 2.24) is 24.0 Å². The van der Waals surface area contributed by atoms with Crippen molar-refractivity contribution in [2.75, 3.05) is 22.5 Å². The minimum atomic E-state index is -0.550. The first kappa shape index (κ1) is 31.8. The van der Waals surface area contributed by atoms with Gasteiger partial charge in [0.1, 0.15) is 22.8 Å². The molecular formula is C30H31N11O6. The van der Waals surface area contributed by atoms with Gasteiger partial charge in [-0.15, -0.1) is 0 Å². The van der Waals surface area contributed by atoms with Crippen molar-refractivity contribution >= 4 is 63.1 Å². The van der Waals surface area contributed by atoms with Gasteiger partial charge in [0, 0.05) is 58.8 Å². The first-order chi connectivity index (χ1) is 22.3. The van der Waals surface area contributed by atoms with E-state index in [0.717, 1.165) is 0 Å². The van der Waals surface area contributed by atoms with Gasteiger partial charge in [-0.1, -0.05) is 6.07 Å². The van der Waals surface area contributed by atoms with Gasteiger partial charge in [-0.05, 0) is 30.3 Å². The molecule has 1 aromatic carbocycles. The number of H-pyrrole nitrogens is 1. The highest BCUT2D eigenvalue weighted by Gasteiger charge is 2.21. The molecule has 0 saturated carbocycles. The minimum Gasteiger partial charge on any atom is -0.388 e. The van der Waals surface area contributed by atoms with Gasteiger partial charge in [-0.3, -0.25) is 34.7 Å². The maximum atomic E-state index is 13.1. The molecule has 5 rings (SSSR count). The number of rotatable bonds is 11. The molecule has 0 aliphatic heterocycles. The highest BCUT2D eigenvalue weighted by Crippen LogP contribution is 2.27. The summed E-state index contributed by atoms with van der Waals surface area (Å²) >= 11 is 0. The standard InChI is InChI=1S/C30H31N11O6/c1-38-14-17(9-23(38)28(43)33-8-7-26(31)32)35-30(45)25-11-18(15-40(25)3)36-29(44)24-10-16(13-39(24)2)34-27(42)21-12-19-20(37-21)5-4-6-22(19)41(46)47/h4-6,9-15,37H,7-8H2,1-3H3,(H3,31,32)(H,33,43)(H,34,42)(H,35,45)(H,36,44). The average molecular weight is 642 g/mol. The third-order valence-corrected chi connectivity index (χ3v) is 7.25. The van der Waals surface area contributed by atoms with Gasteiger partial charge < -0.3 is 45.7 Å². The fourth-order valence-electron chi connectivity index (χ4n) is 4.99. The molecule has 0 radical (unpaired) electrons. The second kappa shape index (κ2) is 12.8. The number of anilines is 3. The Labute approximate surface area is 266 Å². The van der Waals surface area contributed by atoms with Crippen LogP contribution in [0.2, 0.25) is 0 Å². The van der Waals surface area contributed by atoms with Crippen LogP contribution in [0.5, 0.6) is 0 Å². The molecule has 0 saturated heterocycles. The molecule has 8 N–H and O–H groups in total. The molecule has 0 aliphatic carbocycles. The number of carbonyl (C=O) groups excluding carboxylic acids is 4. The number of benzene rings is 1. The monoisotopic (exact) mass is 641 g/mol. The van der Waals surface area contributed by atoms with Crippen molar-refractivity contribution in [3.63, 3.8) is 0 Å². The fraction of sp³-hybridized carbons (Fsp3) is 0.167. The Hall–Kier alpha value is -6.65. The number of nitro groups is 1. The number of fused-ring (bicyclic) bond motifs is 1. The number of amides is 4. The predicted molar refractivity (Wildman–Crippen MR) is 174 cm³/mol. The summed E-state index contributed by atoms with van der Waals surface area (Å²) < 4.78 is 4.60. The zero-order valence-corrected chi connectivity index (χ0v) is 25.5. The summed E-state index contributed by atoms with van der Waals surface area (Å²) in [6.45, 7) is 0.205. The Kier molecular flexibility index (Phi) is 8.62. The summed E-state index contributed by atoms with van der Waals surface area (Å²) in [4.78, 5) is 65.2. The highest BCUT2D eigenvalue weighted by atomic mass is 16.6. The number of aryl methyl sites for hydroxylation is 3. The molecule has 0 aliphatic rings. The molecule has 4 heterocycles. The second-order valence-corrected chi connectivity index (χ2v) is 10.7. The number of nitro benzene ring substituents is 1. The largest absolute Gasteiger partial charge is 0.388 e. The number of carbonyl (C=O) groups is 4. The number of aromatic amines is 1. The summed E-state index contributed by atoms with van der Waals surface area (Å²) in [6, 6.07) is 10.4. The molecule has 0 bridgehead atoms. The van der Waals surface area contributed by atoms with E-state index in [-0.39, 0.29) is 47.5 Å². The average Bonchev–Trinajstić information content (AvgIpc) is 3.77. The number of nitrogens with zero attached hydrogens (tertiary/aromatic N) is 4. The zero-order chi connectivity index (χ0) is 34.0. The fourth-order valence-corrected chi connectivity index (χ4v) is 4.99. The van der Waals surface area contributed by atoms with E-state index in [1.807, 2.05) is 0 Å². The van der Waals surface area contributed by atoms with Gasteiger partial charge in [0.2, 0.25) is 0 Å². The van der Waals surface area contributed by atoms with Gasteiger partial charge in [0.15, 0.2) is 0 Å². The van der Waals surface area contributed by atoms with Crippen LogP contribution in [-0.4, -0.2) is 59.6 Å². The number of hydrogen-bond acceptors (Lipinski definition) is 7. The summed E-state index contributed by atoms with van der Waals surface area (Å²) in [6.07, 6.45) is 4.90. The van der Waals surface area contributed by atoms with Crippen LogP contribution in [0, 0.1) is 15.5 Å². The number of non-ortho nitro benzene ring substituents is 1. The predicted octanol–water partition coefficient (Wildman–Crippen LogP) is 2.90. The Morgan fingerprint density at radius 1 is 0.809 bits per heavy atom. The third-order valence-electron chi connectivity index (χ3n) is 7.25. The van der Waals surface area contributed by atoms with Crippen molar-refractivity contribution in [3.8, 4) is 0 Å². The van der Waals surface area contributed by atoms with Gasteiger partial charge in [-0.25, -0.2) is 0 Å². The first-order valence-electron chi connectivity index (χ1n) is 14.1. The third kappa shape index (κ3) is 6.88.